The van der Waals surface area contributed by atoms with Gasteiger partial charge in [0.05, 0.1) is 5.69 Å². The van der Waals surface area contributed by atoms with E-state index in [2.05, 4.69) is 16.4 Å². The standard InChI is InChI=1S/C19H21ClFN3OS/c1-10(21)13(22)7-15-17(11-4-5-11)18-19(25-15)14(8-16(20)24-18)23-9-12-3-2-6-26-12/h2-3,6,8,10-11,13H,4-5,7,9,22H2,1H3,(H,23,24)/t10-,13+/m0/s1. The van der Waals surface area contributed by atoms with Crippen LogP contribution in [0.4, 0.5) is 10.1 Å². The van der Waals surface area contributed by atoms with E-state index in [1.807, 2.05) is 11.4 Å². The van der Waals surface area contributed by atoms with Crippen molar-refractivity contribution in [2.24, 2.45) is 5.73 Å². The number of furan rings is 1. The maximum Gasteiger partial charge on any atom is 0.176 e. The molecule has 138 valence electrons. The van der Waals surface area contributed by atoms with Gasteiger partial charge in [-0.2, -0.15) is 0 Å². The molecular weight excluding hydrogens is 373 g/mol. The second-order valence-electron chi connectivity index (χ2n) is 6.86. The van der Waals surface area contributed by atoms with Crippen LogP contribution in [0.25, 0.3) is 11.1 Å². The van der Waals surface area contributed by atoms with Gasteiger partial charge in [0.1, 0.15) is 22.6 Å². The van der Waals surface area contributed by atoms with Gasteiger partial charge >= 0.3 is 0 Å². The number of nitrogens with two attached hydrogens (primary N) is 1. The van der Waals surface area contributed by atoms with Crippen LogP contribution in [0.1, 0.15) is 41.9 Å². The number of rotatable bonds is 7. The van der Waals surface area contributed by atoms with Crippen molar-refractivity contribution in [1.82, 2.24) is 4.98 Å². The molecule has 4 nitrogen and oxygen atoms in total. The molecule has 0 aliphatic heterocycles. The molecular formula is C19H21ClFN3OS. The van der Waals surface area contributed by atoms with Gasteiger partial charge < -0.3 is 15.5 Å². The molecule has 1 aliphatic rings. The fourth-order valence-electron chi connectivity index (χ4n) is 3.15. The Labute approximate surface area is 160 Å². The highest BCUT2D eigenvalue weighted by atomic mass is 35.5. The summed E-state index contributed by atoms with van der Waals surface area (Å²) in [5.74, 6) is 1.15. The first kappa shape index (κ1) is 17.8. The van der Waals surface area contributed by atoms with Crippen molar-refractivity contribution in [2.45, 2.75) is 50.9 Å². The molecule has 0 saturated heterocycles. The number of thiophene rings is 1. The molecule has 0 amide bonds. The molecule has 0 radical (unpaired) electrons. The third-order valence-corrected chi connectivity index (χ3v) is 5.82. The molecule has 3 aromatic rings. The van der Waals surface area contributed by atoms with Crippen molar-refractivity contribution in [3.63, 3.8) is 0 Å². The average Bonchev–Trinajstić information content (AvgIpc) is 3.16. The smallest absolute Gasteiger partial charge is 0.176 e. The zero-order valence-corrected chi connectivity index (χ0v) is 16.0. The molecule has 0 aromatic carbocycles. The van der Waals surface area contributed by atoms with Crippen molar-refractivity contribution in [2.75, 3.05) is 5.32 Å². The molecule has 0 spiro atoms. The van der Waals surface area contributed by atoms with Gasteiger partial charge in [-0.3, -0.25) is 0 Å². The van der Waals surface area contributed by atoms with Gasteiger partial charge in [0.2, 0.25) is 0 Å². The maximum atomic E-state index is 13.6. The Balaban J connectivity index is 1.73. The Morgan fingerprint density at radius 3 is 2.96 bits per heavy atom. The van der Waals surface area contributed by atoms with Gasteiger partial charge in [-0.25, -0.2) is 9.37 Å². The fraction of sp³-hybridized carbons (Fsp3) is 0.421. The molecule has 7 heteroatoms. The number of nitrogens with one attached hydrogen (secondary N) is 1. The van der Waals surface area contributed by atoms with Crippen LogP contribution >= 0.6 is 22.9 Å². The number of pyridine rings is 1. The van der Waals surface area contributed by atoms with E-state index in [0.29, 0.717) is 29.6 Å². The second-order valence-corrected chi connectivity index (χ2v) is 8.28. The van der Waals surface area contributed by atoms with Gasteiger partial charge in [-0.05, 0) is 37.1 Å². The number of anilines is 1. The van der Waals surface area contributed by atoms with Crippen LogP contribution in [-0.4, -0.2) is 17.2 Å². The predicted molar refractivity (Wildman–Crippen MR) is 105 cm³/mol. The number of aromatic nitrogens is 1. The van der Waals surface area contributed by atoms with Crippen LogP contribution in [-0.2, 0) is 13.0 Å². The number of alkyl halides is 1. The van der Waals surface area contributed by atoms with Crippen LogP contribution in [0.3, 0.4) is 0 Å². The maximum absolute atomic E-state index is 13.6. The molecule has 3 aromatic heterocycles. The van der Waals surface area contributed by atoms with Crippen molar-refractivity contribution in [3.8, 4) is 0 Å². The van der Waals surface area contributed by atoms with E-state index in [0.717, 1.165) is 35.4 Å². The lowest BCUT2D eigenvalue weighted by molar-refractivity contribution is 0.295. The number of nitrogens with zero attached hydrogens (tertiary/aromatic N) is 1. The van der Waals surface area contributed by atoms with Gasteiger partial charge in [0.15, 0.2) is 5.58 Å². The third kappa shape index (κ3) is 3.59. The highest BCUT2D eigenvalue weighted by Gasteiger charge is 2.33. The molecule has 3 heterocycles. The quantitative estimate of drug-likeness (QED) is 0.537. The summed E-state index contributed by atoms with van der Waals surface area (Å²) in [7, 11) is 0. The lowest BCUT2D eigenvalue weighted by Crippen LogP contribution is -2.31. The Morgan fingerprint density at radius 1 is 1.50 bits per heavy atom. The average molecular weight is 394 g/mol. The molecule has 3 N–H and O–H groups in total. The van der Waals surface area contributed by atoms with E-state index in [-0.39, 0.29) is 0 Å². The SMILES string of the molecule is C[C@H](F)[C@H](N)Cc1oc2c(NCc3cccs3)cc(Cl)nc2c1C1CC1. The fourth-order valence-corrected chi connectivity index (χ4v) is 3.98. The molecule has 1 aliphatic carbocycles. The van der Waals surface area contributed by atoms with Gasteiger partial charge in [-0.15, -0.1) is 11.3 Å². The summed E-state index contributed by atoms with van der Waals surface area (Å²) in [4.78, 5) is 5.73. The first-order chi connectivity index (χ1) is 12.5. The van der Waals surface area contributed by atoms with E-state index in [4.69, 9.17) is 21.8 Å². The van der Waals surface area contributed by atoms with Gasteiger partial charge in [-0.1, -0.05) is 17.7 Å². The van der Waals surface area contributed by atoms with Gasteiger partial charge in [0, 0.05) is 35.5 Å². The molecule has 4 rings (SSSR count). The predicted octanol–water partition coefficient (Wildman–Crippen LogP) is 5.26. The van der Waals surface area contributed by atoms with E-state index in [1.54, 1.807) is 17.4 Å². The minimum absolute atomic E-state index is 0.363. The summed E-state index contributed by atoms with van der Waals surface area (Å²) in [5.41, 5.74) is 9.28. The molecule has 0 unspecified atom stereocenters. The topological polar surface area (TPSA) is 64.1 Å². The molecule has 26 heavy (non-hydrogen) atoms. The third-order valence-electron chi connectivity index (χ3n) is 4.75. The lowest BCUT2D eigenvalue weighted by atomic mass is 10.0. The zero-order valence-electron chi connectivity index (χ0n) is 14.5. The number of fused-ring (bicyclic) bond motifs is 1. The highest BCUT2D eigenvalue weighted by Crippen LogP contribution is 2.47. The zero-order chi connectivity index (χ0) is 18.3. The summed E-state index contributed by atoms with van der Waals surface area (Å²) in [5, 5.41) is 5.86. The van der Waals surface area contributed by atoms with Crippen LogP contribution < -0.4 is 11.1 Å². The van der Waals surface area contributed by atoms with Crippen molar-refractivity contribution < 1.29 is 8.81 Å². The van der Waals surface area contributed by atoms with Crippen LogP contribution in [0, 0.1) is 0 Å². The van der Waals surface area contributed by atoms with Crippen molar-refractivity contribution in [3.05, 3.63) is 44.9 Å². The Hall–Kier alpha value is -1.63. The monoisotopic (exact) mass is 393 g/mol. The van der Waals surface area contributed by atoms with Crippen molar-refractivity contribution >= 4 is 39.7 Å². The van der Waals surface area contributed by atoms with E-state index < -0.39 is 12.2 Å². The second kappa shape index (κ2) is 7.18. The summed E-state index contributed by atoms with van der Waals surface area (Å²) >= 11 is 7.96. The summed E-state index contributed by atoms with van der Waals surface area (Å²) in [6.07, 6.45) is 1.45. The first-order valence-corrected chi connectivity index (χ1v) is 10.1. The minimum Gasteiger partial charge on any atom is -0.457 e. The van der Waals surface area contributed by atoms with Crippen LogP contribution in [0.15, 0.2) is 28.0 Å². The van der Waals surface area contributed by atoms with E-state index >= 15 is 0 Å². The summed E-state index contributed by atoms with van der Waals surface area (Å²) in [6.45, 7) is 2.16. The lowest BCUT2D eigenvalue weighted by Gasteiger charge is -2.11. The summed E-state index contributed by atoms with van der Waals surface area (Å²) in [6, 6.07) is 5.28. The largest absolute Gasteiger partial charge is 0.457 e. The van der Waals surface area contributed by atoms with Gasteiger partial charge in [0.25, 0.3) is 0 Å². The number of hydrogen-bond acceptors (Lipinski definition) is 5. The van der Waals surface area contributed by atoms with E-state index in [9.17, 15) is 4.39 Å². The number of hydrogen-bond donors (Lipinski definition) is 2. The molecule has 1 fully saturated rings. The first-order valence-electron chi connectivity index (χ1n) is 8.80. The minimum atomic E-state index is -1.09. The Bertz CT molecular complexity index is 905. The molecule has 2 atom stereocenters. The van der Waals surface area contributed by atoms with Crippen molar-refractivity contribution in [1.29, 1.82) is 0 Å². The van der Waals surface area contributed by atoms with Crippen LogP contribution in [0.2, 0.25) is 5.15 Å². The number of halogens is 2. The highest BCUT2D eigenvalue weighted by molar-refractivity contribution is 7.09. The summed E-state index contributed by atoms with van der Waals surface area (Å²) < 4.78 is 19.7. The van der Waals surface area contributed by atoms with Crippen LogP contribution in [0.5, 0.6) is 0 Å². The normalized spacial score (nSPS) is 16.8. The molecule has 0 bridgehead atoms. The Morgan fingerprint density at radius 2 is 2.31 bits per heavy atom. The molecule has 1 saturated carbocycles. The Kier molecular flexibility index (Phi) is 4.90. The van der Waals surface area contributed by atoms with E-state index in [1.165, 1.54) is 11.8 Å².